The molecule has 1 rings (SSSR count). The van der Waals surface area contributed by atoms with Crippen LogP contribution in [0.4, 0.5) is 0 Å². The van der Waals surface area contributed by atoms with Gasteiger partial charge in [-0.15, -0.1) is 0 Å². The maximum atomic E-state index is 12.1. The van der Waals surface area contributed by atoms with Crippen molar-refractivity contribution in [1.82, 2.24) is 10.6 Å². The Hall–Kier alpha value is -0.570. The largest absolute Gasteiger partial charge is 0.351 e. The molecule has 0 aliphatic heterocycles. The van der Waals surface area contributed by atoms with Gasteiger partial charge in [-0.05, 0) is 79.7 Å². The Morgan fingerprint density at radius 2 is 1.47 bits per heavy atom. The van der Waals surface area contributed by atoms with Crippen molar-refractivity contribution in [1.29, 1.82) is 0 Å². The van der Waals surface area contributed by atoms with Gasteiger partial charge < -0.3 is 10.6 Å². The summed E-state index contributed by atoms with van der Waals surface area (Å²) in [5.41, 5.74) is 0.0855. The van der Waals surface area contributed by atoms with Crippen LogP contribution in [-0.2, 0) is 4.79 Å². The van der Waals surface area contributed by atoms with Crippen molar-refractivity contribution in [3.05, 3.63) is 0 Å². The number of nitrogens with one attached hydrogen (secondary N) is 2. The highest BCUT2D eigenvalue weighted by atomic mass is 16.2. The first-order chi connectivity index (χ1) is 8.57. The Labute approximate surface area is 118 Å². The summed E-state index contributed by atoms with van der Waals surface area (Å²) >= 11 is 0. The molecule has 0 bridgehead atoms. The molecule has 2 N–H and O–H groups in total. The molecule has 3 heteroatoms. The Balaban J connectivity index is 2.31. The smallest absolute Gasteiger partial charge is 0.223 e. The summed E-state index contributed by atoms with van der Waals surface area (Å²) in [5, 5.41) is 6.68. The second-order valence-electron chi connectivity index (χ2n) is 8.09. The van der Waals surface area contributed by atoms with Crippen molar-refractivity contribution < 1.29 is 4.79 Å². The van der Waals surface area contributed by atoms with E-state index in [2.05, 4.69) is 31.4 Å². The predicted octanol–water partition coefficient (Wildman–Crippen LogP) is 3.10. The Bertz CT molecular complexity index is 291. The van der Waals surface area contributed by atoms with E-state index >= 15 is 0 Å². The minimum atomic E-state index is -0.109. The number of carbonyl (C=O) groups excluding carboxylic acids is 1. The second kappa shape index (κ2) is 6.25. The van der Waals surface area contributed by atoms with Crippen molar-refractivity contribution in [3.8, 4) is 0 Å². The first-order valence-electron chi connectivity index (χ1n) is 7.64. The van der Waals surface area contributed by atoms with Gasteiger partial charge >= 0.3 is 0 Å². The quantitative estimate of drug-likeness (QED) is 0.826. The molecule has 0 aromatic carbocycles. The van der Waals surface area contributed by atoms with E-state index in [1.807, 2.05) is 20.8 Å². The minimum absolute atomic E-state index is 0.109. The second-order valence-corrected chi connectivity index (χ2v) is 8.09. The standard InChI is InChI=1S/C16H32N2O/c1-15(2,3)17-11-12-7-9-13(10-8-12)14(19)18-16(4,5)6/h12-13,17H,7-11H2,1-6H3,(H,18,19). The highest BCUT2D eigenvalue weighted by Gasteiger charge is 2.28. The summed E-state index contributed by atoms with van der Waals surface area (Å²) in [5.74, 6) is 1.21. The van der Waals surface area contributed by atoms with Gasteiger partial charge in [0.1, 0.15) is 0 Å². The van der Waals surface area contributed by atoms with Crippen LogP contribution >= 0.6 is 0 Å². The molecular formula is C16H32N2O. The van der Waals surface area contributed by atoms with Crippen LogP contribution in [0.3, 0.4) is 0 Å². The lowest BCUT2D eigenvalue weighted by Crippen LogP contribution is -2.45. The van der Waals surface area contributed by atoms with E-state index in [9.17, 15) is 4.79 Å². The molecule has 0 saturated heterocycles. The molecule has 1 saturated carbocycles. The maximum Gasteiger partial charge on any atom is 0.223 e. The Morgan fingerprint density at radius 1 is 0.947 bits per heavy atom. The zero-order chi connectivity index (χ0) is 14.7. The van der Waals surface area contributed by atoms with Gasteiger partial charge in [-0.3, -0.25) is 4.79 Å². The fourth-order valence-electron chi connectivity index (χ4n) is 2.55. The number of amides is 1. The topological polar surface area (TPSA) is 41.1 Å². The number of carbonyl (C=O) groups is 1. The highest BCUT2D eigenvalue weighted by molar-refractivity contribution is 5.79. The van der Waals surface area contributed by atoms with Crippen molar-refractivity contribution >= 4 is 5.91 Å². The van der Waals surface area contributed by atoms with E-state index in [0.717, 1.165) is 25.3 Å². The molecule has 0 aromatic heterocycles. The van der Waals surface area contributed by atoms with Crippen LogP contribution in [0.15, 0.2) is 0 Å². The van der Waals surface area contributed by atoms with E-state index < -0.39 is 0 Å². The van der Waals surface area contributed by atoms with Crippen molar-refractivity contribution in [2.75, 3.05) is 6.54 Å². The van der Waals surface area contributed by atoms with Crippen molar-refractivity contribution in [2.24, 2.45) is 11.8 Å². The third-order valence-electron chi connectivity index (χ3n) is 3.64. The van der Waals surface area contributed by atoms with Crippen LogP contribution in [0.2, 0.25) is 0 Å². The van der Waals surface area contributed by atoms with E-state index in [-0.39, 0.29) is 22.9 Å². The zero-order valence-corrected chi connectivity index (χ0v) is 13.6. The average molecular weight is 268 g/mol. The zero-order valence-electron chi connectivity index (χ0n) is 13.6. The van der Waals surface area contributed by atoms with Crippen LogP contribution in [0.1, 0.15) is 67.2 Å². The molecule has 0 heterocycles. The third-order valence-corrected chi connectivity index (χ3v) is 3.64. The lowest BCUT2D eigenvalue weighted by molar-refractivity contribution is -0.127. The van der Waals surface area contributed by atoms with Crippen LogP contribution < -0.4 is 10.6 Å². The normalized spacial score (nSPS) is 25.2. The van der Waals surface area contributed by atoms with Crippen molar-refractivity contribution in [2.45, 2.75) is 78.3 Å². The molecule has 0 atom stereocenters. The highest BCUT2D eigenvalue weighted by Crippen LogP contribution is 2.29. The third kappa shape index (κ3) is 6.95. The molecule has 1 aliphatic rings. The van der Waals surface area contributed by atoms with Gasteiger partial charge in [-0.1, -0.05) is 0 Å². The van der Waals surface area contributed by atoms with E-state index in [4.69, 9.17) is 0 Å². The summed E-state index contributed by atoms with van der Waals surface area (Å²) in [6.45, 7) is 13.8. The number of rotatable bonds is 3. The summed E-state index contributed by atoms with van der Waals surface area (Å²) in [4.78, 5) is 12.1. The lowest BCUT2D eigenvalue weighted by Gasteiger charge is -2.32. The molecule has 3 nitrogen and oxygen atoms in total. The van der Waals surface area contributed by atoms with Crippen molar-refractivity contribution in [3.63, 3.8) is 0 Å². The Kier molecular flexibility index (Phi) is 5.43. The molecule has 0 radical (unpaired) electrons. The SMILES string of the molecule is CC(C)(C)NCC1CCC(C(=O)NC(C)(C)C)CC1. The van der Waals surface area contributed by atoms with Gasteiger partial charge in [-0.2, -0.15) is 0 Å². The maximum absolute atomic E-state index is 12.1. The molecule has 19 heavy (non-hydrogen) atoms. The van der Waals surface area contributed by atoms with Gasteiger partial charge in [0, 0.05) is 17.0 Å². The van der Waals surface area contributed by atoms with Crippen LogP contribution in [-0.4, -0.2) is 23.5 Å². The van der Waals surface area contributed by atoms with Crippen LogP contribution in [0.5, 0.6) is 0 Å². The van der Waals surface area contributed by atoms with Gasteiger partial charge in [-0.25, -0.2) is 0 Å². The predicted molar refractivity (Wildman–Crippen MR) is 81.1 cm³/mol. The van der Waals surface area contributed by atoms with E-state index in [0.29, 0.717) is 0 Å². The molecule has 0 aromatic rings. The minimum Gasteiger partial charge on any atom is -0.351 e. The summed E-state index contributed by atoms with van der Waals surface area (Å²) in [6.07, 6.45) is 4.42. The van der Waals surface area contributed by atoms with Crippen LogP contribution in [0.25, 0.3) is 0 Å². The van der Waals surface area contributed by atoms with Crippen LogP contribution in [0, 0.1) is 11.8 Å². The lowest BCUT2D eigenvalue weighted by atomic mass is 9.81. The van der Waals surface area contributed by atoms with Gasteiger partial charge in [0.25, 0.3) is 0 Å². The first kappa shape index (κ1) is 16.5. The van der Waals surface area contributed by atoms with Gasteiger partial charge in [0.15, 0.2) is 0 Å². The van der Waals surface area contributed by atoms with Gasteiger partial charge in [0.05, 0.1) is 0 Å². The number of hydrogen-bond donors (Lipinski definition) is 2. The summed E-state index contributed by atoms with van der Waals surface area (Å²) < 4.78 is 0. The summed E-state index contributed by atoms with van der Waals surface area (Å²) in [7, 11) is 0. The average Bonchev–Trinajstić information content (AvgIpc) is 2.23. The van der Waals surface area contributed by atoms with E-state index in [1.165, 1.54) is 12.8 Å². The molecular weight excluding hydrogens is 236 g/mol. The van der Waals surface area contributed by atoms with Gasteiger partial charge in [0.2, 0.25) is 5.91 Å². The summed E-state index contributed by atoms with van der Waals surface area (Å²) in [6, 6.07) is 0. The fraction of sp³-hybridized carbons (Fsp3) is 0.938. The fourth-order valence-corrected chi connectivity index (χ4v) is 2.55. The molecule has 0 spiro atoms. The molecule has 1 aliphatic carbocycles. The molecule has 0 unspecified atom stereocenters. The Morgan fingerprint density at radius 3 is 1.89 bits per heavy atom. The first-order valence-corrected chi connectivity index (χ1v) is 7.64. The monoisotopic (exact) mass is 268 g/mol. The number of hydrogen-bond acceptors (Lipinski definition) is 2. The van der Waals surface area contributed by atoms with E-state index in [1.54, 1.807) is 0 Å². The molecule has 1 fully saturated rings. The molecule has 112 valence electrons. The molecule has 1 amide bonds.